The number of hydrogen-bond acceptors (Lipinski definition) is 2. The summed E-state index contributed by atoms with van der Waals surface area (Å²) in [6.07, 6.45) is 0. The fraction of sp³-hybridized carbons (Fsp3) is 0.0714. The molecule has 2 nitrogen and oxygen atoms in total. The summed E-state index contributed by atoms with van der Waals surface area (Å²) in [7, 11) is 0. The third-order valence-corrected chi connectivity index (χ3v) is 2.75. The summed E-state index contributed by atoms with van der Waals surface area (Å²) < 4.78 is 56.9. The van der Waals surface area contributed by atoms with E-state index in [0.717, 1.165) is 18.2 Å². The molecule has 0 aliphatic carbocycles. The van der Waals surface area contributed by atoms with Crippen LogP contribution >= 0.6 is 0 Å². The fourth-order valence-electron chi connectivity index (χ4n) is 1.84. The first-order valence-corrected chi connectivity index (χ1v) is 6.01. The third kappa shape index (κ3) is 3.75. The van der Waals surface area contributed by atoms with Gasteiger partial charge in [0.15, 0.2) is 0 Å². The van der Waals surface area contributed by atoms with E-state index in [1.54, 1.807) is 6.07 Å². The SMILES string of the molecule is N#Cc1cc(F)cc(COc2ccccc2[B-](F)(F)F)c1. The maximum absolute atomic E-state index is 13.2. The number of rotatable bonds is 4. The molecule has 0 aliphatic heterocycles. The molecule has 0 radical (unpaired) electrons. The molecule has 21 heavy (non-hydrogen) atoms. The highest BCUT2D eigenvalue weighted by Gasteiger charge is 2.28. The summed E-state index contributed by atoms with van der Waals surface area (Å²) in [5.41, 5.74) is -0.465. The van der Waals surface area contributed by atoms with Crippen LogP contribution in [0.2, 0.25) is 0 Å². The van der Waals surface area contributed by atoms with Crippen LogP contribution in [-0.4, -0.2) is 6.98 Å². The Morgan fingerprint density at radius 2 is 1.81 bits per heavy atom. The Morgan fingerprint density at radius 1 is 1.10 bits per heavy atom. The number of para-hydroxylation sites is 1. The molecular formula is C14H9BF4NO-. The second-order valence-electron chi connectivity index (χ2n) is 4.36. The molecule has 0 N–H and O–H groups in total. The van der Waals surface area contributed by atoms with E-state index in [1.165, 1.54) is 24.3 Å². The molecule has 0 saturated carbocycles. The van der Waals surface area contributed by atoms with Gasteiger partial charge in [0.05, 0.1) is 17.4 Å². The van der Waals surface area contributed by atoms with E-state index >= 15 is 0 Å². The molecule has 0 spiro atoms. The predicted molar refractivity (Wildman–Crippen MR) is 70.6 cm³/mol. The number of halogens is 4. The normalized spacial score (nSPS) is 11.0. The summed E-state index contributed by atoms with van der Waals surface area (Å²) in [4.78, 5) is 0. The molecule has 7 heteroatoms. The van der Waals surface area contributed by atoms with Crippen molar-refractivity contribution < 1.29 is 22.1 Å². The van der Waals surface area contributed by atoms with Gasteiger partial charge < -0.3 is 17.7 Å². The standard InChI is InChI=1S/C14H9BF4NO/c16-12-6-10(8-20)5-11(7-12)9-21-14-4-2-1-3-13(14)15(17,18)19/h1-7H,9H2/q-1. The van der Waals surface area contributed by atoms with Gasteiger partial charge in [-0.05, 0) is 29.8 Å². The van der Waals surface area contributed by atoms with Gasteiger partial charge in [-0.2, -0.15) is 5.26 Å². The van der Waals surface area contributed by atoms with Crippen LogP contribution in [0.5, 0.6) is 5.75 Å². The van der Waals surface area contributed by atoms with Crippen molar-refractivity contribution in [1.29, 1.82) is 5.26 Å². The fourth-order valence-corrected chi connectivity index (χ4v) is 1.84. The molecule has 0 saturated heterocycles. The van der Waals surface area contributed by atoms with Crippen molar-refractivity contribution >= 4 is 12.4 Å². The van der Waals surface area contributed by atoms with Gasteiger partial charge in [0.1, 0.15) is 12.4 Å². The number of nitriles is 1. The lowest BCUT2D eigenvalue weighted by atomic mass is 9.79. The van der Waals surface area contributed by atoms with E-state index in [-0.39, 0.29) is 23.5 Å². The van der Waals surface area contributed by atoms with E-state index in [2.05, 4.69) is 0 Å². The van der Waals surface area contributed by atoms with Crippen LogP contribution in [0.15, 0.2) is 42.5 Å². The minimum atomic E-state index is -5.19. The van der Waals surface area contributed by atoms with E-state index in [4.69, 9.17) is 10.00 Å². The Kier molecular flexibility index (Phi) is 4.17. The summed E-state index contributed by atoms with van der Waals surface area (Å²) >= 11 is 0. The number of ether oxygens (including phenoxy) is 1. The quantitative estimate of drug-likeness (QED) is 0.640. The molecule has 0 fully saturated rings. The zero-order chi connectivity index (χ0) is 15.5. The first kappa shape index (κ1) is 14.9. The number of hydrogen-bond donors (Lipinski definition) is 0. The first-order valence-electron chi connectivity index (χ1n) is 6.01. The van der Waals surface area contributed by atoms with Gasteiger partial charge >= 0.3 is 6.98 Å². The van der Waals surface area contributed by atoms with Crippen molar-refractivity contribution in [2.24, 2.45) is 0 Å². The van der Waals surface area contributed by atoms with Crippen LogP contribution in [-0.2, 0) is 6.61 Å². The third-order valence-electron chi connectivity index (χ3n) is 2.75. The van der Waals surface area contributed by atoms with E-state index < -0.39 is 18.3 Å². The van der Waals surface area contributed by atoms with Crippen LogP contribution in [0, 0.1) is 17.1 Å². The molecule has 0 aliphatic rings. The molecule has 2 rings (SSSR count). The lowest BCUT2D eigenvalue weighted by Crippen LogP contribution is -2.35. The monoisotopic (exact) mass is 294 g/mol. The Hall–Kier alpha value is -2.49. The predicted octanol–water partition coefficient (Wildman–Crippen LogP) is 3.33. The van der Waals surface area contributed by atoms with Crippen LogP contribution in [0.3, 0.4) is 0 Å². The van der Waals surface area contributed by atoms with Crippen LogP contribution in [0.4, 0.5) is 17.3 Å². The van der Waals surface area contributed by atoms with Gasteiger partial charge in [-0.3, -0.25) is 0 Å². The summed E-state index contributed by atoms with van der Waals surface area (Å²) in [5.74, 6) is -0.950. The smallest absolute Gasteiger partial charge is 0.492 e. The Labute approximate surface area is 118 Å². The van der Waals surface area contributed by atoms with Gasteiger partial charge in [0.2, 0.25) is 0 Å². The molecule has 0 heterocycles. The minimum Gasteiger partial charge on any atom is -0.492 e. The zero-order valence-electron chi connectivity index (χ0n) is 10.7. The lowest BCUT2D eigenvalue weighted by molar-refractivity contribution is 0.306. The summed E-state index contributed by atoms with van der Waals surface area (Å²) in [6.45, 7) is -5.44. The topological polar surface area (TPSA) is 33.0 Å². The van der Waals surface area contributed by atoms with Crippen LogP contribution in [0.1, 0.15) is 11.1 Å². The second-order valence-corrected chi connectivity index (χ2v) is 4.36. The van der Waals surface area contributed by atoms with E-state index in [1.807, 2.05) is 0 Å². The largest absolute Gasteiger partial charge is 0.513 e. The second kappa shape index (κ2) is 5.88. The summed E-state index contributed by atoms with van der Waals surface area (Å²) in [6, 6.07) is 10.1. The molecule has 0 atom stereocenters. The van der Waals surface area contributed by atoms with Crippen molar-refractivity contribution in [3.63, 3.8) is 0 Å². The van der Waals surface area contributed by atoms with E-state index in [0.29, 0.717) is 0 Å². The van der Waals surface area contributed by atoms with Gasteiger partial charge in [-0.25, -0.2) is 4.39 Å². The summed E-state index contributed by atoms with van der Waals surface area (Å²) in [5, 5.41) is 8.72. The Morgan fingerprint density at radius 3 is 2.48 bits per heavy atom. The molecule has 2 aromatic rings. The van der Waals surface area contributed by atoms with Crippen molar-refractivity contribution in [3.05, 3.63) is 59.4 Å². The van der Waals surface area contributed by atoms with Gasteiger partial charge in [0, 0.05) is 0 Å². The lowest BCUT2D eigenvalue weighted by Gasteiger charge is -2.19. The molecule has 108 valence electrons. The molecular weight excluding hydrogens is 285 g/mol. The average Bonchev–Trinajstić information content (AvgIpc) is 2.44. The minimum absolute atomic E-state index is 0.0851. The van der Waals surface area contributed by atoms with Gasteiger partial charge in [-0.15, -0.1) is 0 Å². The van der Waals surface area contributed by atoms with Gasteiger partial charge in [-0.1, -0.05) is 23.7 Å². The van der Waals surface area contributed by atoms with Crippen molar-refractivity contribution in [2.45, 2.75) is 6.61 Å². The maximum Gasteiger partial charge on any atom is 0.513 e. The highest BCUT2D eigenvalue weighted by atomic mass is 19.4. The average molecular weight is 294 g/mol. The first-order chi connectivity index (χ1) is 9.90. The Bertz CT molecular complexity index is 694. The molecule has 0 aromatic heterocycles. The Balaban J connectivity index is 2.22. The maximum atomic E-state index is 13.2. The van der Waals surface area contributed by atoms with Crippen molar-refractivity contribution in [1.82, 2.24) is 0 Å². The van der Waals surface area contributed by atoms with Gasteiger partial charge in [0.25, 0.3) is 0 Å². The molecule has 0 unspecified atom stereocenters. The zero-order valence-corrected chi connectivity index (χ0v) is 10.7. The highest BCUT2D eigenvalue weighted by Crippen LogP contribution is 2.19. The highest BCUT2D eigenvalue weighted by molar-refractivity contribution is 6.74. The number of benzene rings is 2. The molecule has 0 amide bonds. The van der Waals surface area contributed by atoms with Crippen LogP contribution in [0.25, 0.3) is 0 Å². The van der Waals surface area contributed by atoms with E-state index in [9.17, 15) is 17.3 Å². The van der Waals surface area contributed by atoms with Crippen LogP contribution < -0.4 is 10.2 Å². The van der Waals surface area contributed by atoms with Crippen molar-refractivity contribution in [3.8, 4) is 11.8 Å². The number of nitrogens with zero attached hydrogens (tertiary/aromatic N) is 1. The van der Waals surface area contributed by atoms with Crippen molar-refractivity contribution in [2.75, 3.05) is 0 Å². The molecule has 2 aromatic carbocycles. The molecule has 0 bridgehead atoms.